The fourth-order valence-corrected chi connectivity index (χ4v) is 2.12. The van der Waals surface area contributed by atoms with E-state index in [2.05, 4.69) is 31.2 Å². The molecule has 0 unspecified atom stereocenters. The normalized spacial score (nSPS) is 9.86. The maximum absolute atomic E-state index is 12.7. The second kappa shape index (κ2) is 9.16. The maximum Gasteiger partial charge on any atom is 0.328 e. The van der Waals surface area contributed by atoms with Crippen LogP contribution in [0.1, 0.15) is 0 Å². The first kappa shape index (κ1) is 20.4. The van der Waals surface area contributed by atoms with Gasteiger partial charge in [-0.05, 0) is 24.3 Å². The van der Waals surface area contributed by atoms with Crippen LogP contribution >= 0.6 is 0 Å². The first-order chi connectivity index (χ1) is 13.3. The van der Waals surface area contributed by atoms with Crippen molar-refractivity contribution in [2.24, 2.45) is 0 Å². The Morgan fingerprint density at radius 1 is 0.750 bits per heavy atom. The number of hydrogen-bond acceptors (Lipinski definition) is 5. The zero-order valence-electron chi connectivity index (χ0n) is 16.0. The van der Waals surface area contributed by atoms with Crippen LogP contribution in [0.4, 0.5) is 37.4 Å². The molecule has 0 aliphatic heterocycles. The van der Waals surface area contributed by atoms with Crippen LogP contribution < -0.4 is 31.1 Å². The van der Waals surface area contributed by atoms with Crippen molar-refractivity contribution < 1.29 is 14.4 Å². The Balaban J connectivity index is 2.05. The molecule has 148 valence electrons. The molecule has 0 fully saturated rings. The molecule has 2 aromatic rings. The summed E-state index contributed by atoms with van der Waals surface area (Å²) < 4.78 is 0. The van der Waals surface area contributed by atoms with Crippen molar-refractivity contribution in [2.75, 3.05) is 48.6 Å². The van der Waals surface area contributed by atoms with Crippen LogP contribution in [0.3, 0.4) is 0 Å². The summed E-state index contributed by atoms with van der Waals surface area (Å²) in [6, 6.07) is 5.43. The van der Waals surface area contributed by atoms with Gasteiger partial charge in [0.1, 0.15) is 11.6 Å². The fraction of sp³-hybridized carbons (Fsp3) is 0.235. The summed E-state index contributed by atoms with van der Waals surface area (Å²) >= 11 is 0. The lowest BCUT2D eigenvalue weighted by atomic mass is 10.3. The molecule has 2 aromatic heterocycles. The molecule has 2 rings (SSSR count). The smallest absolute Gasteiger partial charge is 0.328 e. The van der Waals surface area contributed by atoms with E-state index < -0.39 is 0 Å². The van der Waals surface area contributed by atoms with E-state index in [1.807, 2.05) is 0 Å². The Hall–Kier alpha value is -3.89. The van der Waals surface area contributed by atoms with Crippen molar-refractivity contribution in [3.8, 4) is 0 Å². The van der Waals surface area contributed by atoms with Crippen molar-refractivity contribution >= 4 is 41.1 Å². The second-order valence-electron chi connectivity index (χ2n) is 5.61. The van der Waals surface area contributed by atoms with Crippen molar-refractivity contribution in [1.82, 2.24) is 20.6 Å². The van der Waals surface area contributed by atoms with E-state index in [0.29, 0.717) is 23.0 Å². The summed E-state index contributed by atoms with van der Waals surface area (Å²) in [7, 11) is 6.22. The van der Waals surface area contributed by atoms with E-state index in [4.69, 9.17) is 0 Å². The highest BCUT2D eigenvalue weighted by molar-refractivity contribution is 6.02. The number of carbonyl (C=O) groups excluding carboxylic acids is 3. The van der Waals surface area contributed by atoms with Crippen LogP contribution in [0, 0.1) is 0 Å². The van der Waals surface area contributed by atoms with Crippen molar-refractivity contribution in [2.45, 2.75) is 0 Å². The number of nitrogens with zero attached hydrogens (tertiary/aromatic N) is 4. The van der Waals surface area contributed by atoms with Crippen molar-refractivity contribution in [3.05, 3.63) is 36.7 Å². The van der Waals surface area contributed by atoms with E-state index in [1.54, 1.807) is 38.4 Å². The largest absolute Gasteiger partial charge is 0.341 e. The highest BCUT2D eigenvalue weighted by Crippen LogP contribution is 2.19. The van der Waals surface area contributed by atoms with Crippen molar-refractivity contribution in [3.63, 3.8) is 0 Å². The quantitative estimate of drug-likeness (QED) is 0.635. The molecular formula is C17H22N8O3. The van der Waals surface area contributed by atoms with Gasteiger partial charge in [0.2, 0.25) is 0 Å². The van der Waals surface area contributed by atoms with E-state index in [9.17, 15) is 14.4 Å². The van der Waals surface area contributed by atoms with E-state index in [-0.39, 0.29) is 18.1 Å². The molecule has 0 atom stereocenters. The molecule has 0 aromatic carbocycles. The zero-order valence-corrected chi connectivity index (χ0v) is 16.0. The predicted molar refractivity (Wildman–Crippen MR) is 107 cm³/mol. The molecule has 0 spiro atoms. The lowest BCUT2D eigenvalue weighted by Crippen LogP contribution is -2.39. The highest BCUT2D eigenvalue weighted by atomic mass is 16.2. The predicted octanol–water partition coefficient (Wildman–Crippen LogP) is 1.67. The van der Waals surface area contributed by atoms with Gasteiger partial charge in [-0.25, -0.2) is 24.4 Å². The van der Waals surface area contributed by atoms with Crippen LogP contribution in [-0.2, 0) is 0 Å². The maximum atomic E-state index is 12.7. The molecule has 28 heavy (non-hydrogen) atoms. The molecule has 6 amide bonds. The molecule has 0 radical (unpaired) electrons. The number of urea groups is 3. The molecule has 0 saturated heterocycles. The number of rotatable bonds is 4. The summed E-state index contributed by atoms with van der Waals surface area (Å²) in [5, 5.41) is 9.93. The molecule has 2 heterocycles. The van der Waals surface area contributed by atoms with Gasteiger partial charge in [0.25, 0.3) is 0 Å². The summed E-state index contributed by atoms with van der Waals surface area (Å²) in [6.07, 6.45) is 2.96. The second-order valence-corrected chi connectivity index (χ2v) is 5.61. The molecule has 0 aliphatic rings. The Labute approximate surface area is 162 Å². The number of anilines is 4. The third-order valence-corrected chi connectivity index (χ3v) is 3.78. The minimum absolute atomic E-state index is 0.317. The number of carbonyl (C=O) groups is 3. The summed E-state index contributed by atoms with van der Waals surface area (Å²) in [4.78, 5) is 46.3. The third-order valence-electron chi connectivity index (χ3n) is 3.78. The molecule has 11 nitrogen and oxygen atoms in total. The van der Waals surface area contributed by atoms with Crippen LogP contribution in [0.15, 0.2) is 36.7 Å². The Morgan fingerprint density at radius 2 is 1.14 bits per heavy atom. The zero-order chi connectivity index (χ0) is 20.7. The van der Waals surface area contributed by atoms with Gasteiger partial charge in [-0.1, -0.05) is 0 Å². The molecule has 0 aliphatic carbocycles. The monoisotopic (exact) mass is 386 g/mol. The number of pyridine rings is 2. The van der Waals surface area contributed by atoms with Crippen LogP contribution in [-0.4, -0.2) is 56.3 Å². The number of nitrogens with one attached hydrogen (secondary N) is 4. The Kier molecular flexibility index (Phi) is 6.68. The van der Waals surface area contributed by atoms with Gasteiger partial charge in [0.15, 0.2) is 0 Å². The van der Waals surface area contributed by atoms with Gasteiger partial charge in [-0.15, -0.1) is 0 Å². The van der Waals surface area contributed by atoms with E-state index in [1.165, 1.54) is 36.3 Å². The van der Waals surface area contributed by atoms with Gasteiger partial charge in [-0.3, -0.25) is 20.4 Å². The molecule has 0 saturated carbocycles. The van der Waals surface area contributed by atoms with Crippen molar-refractivity contribution in [1.29, 1.82) is 0 Å². The number of aromatic nitrogens is 2. The highest BCUT2D eigenvalue weighted by Gasteiger charge is 2.18. The van der Waals surface area contributed by atoms with Gasteiger partial charge < -0.3 is 10.6 Å². The molecule has 4 N–H and O–H groups in total. The van der Waals surface area contributed by atoms with Crippen LogP contribution in [0.5, 0.6) is 0 Å². The Bertz CT molecular complexity index is 769. The molecule has 0 bridgehead atoms. The molecule has 11 heteroatoms. The fourth-order valence-electron chi connectivity index (χ4n) is 2.12. The first-order valence-electron chi connectivity index (χ1n) is 8.26. The minimum atomic E-state index is -0.383. The summed E-state index contributed by atoms with van der Waals surface area (Å²) in [6.45, 7) is 0. The summed E-state index contributed by atoms with van der Waals surface area (Å²) in [5.41, 5.74) is 1.09. The first-order valence-corrected chi connectivity index (χ1v) is 8.26. The van der Waals surface area contributed by atoms with Gasteiger partial charge in [-0.2, -0.15) is 0 Å². The van der Waals surface area contributed by atoms with E-state index in [0.717, 1.165) is 0 Å². The number of amides is 6. The van der Waals surface area contributed by atoms with Gasteiger partial charge in [0, 0.05) is 28.2 Å². The minimum Gasteiger partial charge on any atom is -0.341 e. The van der Waals surface area contributed by atoms with Crippen LogP contribution in [0.2, 0.25) is 0 Å². The van der Waals surface area contributed by atoms with Crippen LogP contribution in [0.25, 0.3) is 0 Å². The SMILES string of the molecule is CNC(=O)Nc1ccc(N(C)C(=O)N(C)c2ccc(NC(=O)NC)nc2)cn1. The lowest BCUT2D eigenvalue weighted by molar-refractivity contribution is 0.253. The average molecular weight is 386 g/mol. The van der Waals surface area contributed by atoms with Gasteiger partial charge >= 0.3 is 18.1 Å². The topological polar surface area (TPSA) is 132 Å². The Morgan fingerprint density at radius 3 is 1.43 bits per heavy atom. The number of hydrogen-bond donors (Lipinski definition) is 4. The molecular weight excluding hydrogens is 364 g/mol. The van der Waals surface area contributed by atoms with Gasteiger partial charge in [0.05, 0.1) is 23.8 Å². The average Bonchev–Trinajstić information content (AvgIpc) is 2.73. The summed E-state index contributed by atoms with van der Waals surface area (Å²) in [5.74, 6) is 0.724. The third kappa shape index (κ3) is 5.06. The lowest BCUT2D eigenvalue weighted by Gasteiger charge is -2.24. The standard InChI is InChI=1S/C17H22N8O3/c1-18-15(26)22-13-7-5-11(9-20-13)24(3)17(28)25(4)12-6-8-14(21-10-12)23-16(27)19-2/h5-10H,1-4H3,(H2,18,20,22,26)(H2,19,21,23,27). The van der Waals surface area contributed by atoms with E-state index >= 15 is 0 Å².